The van der Waals surface area contributed by atoms with Crippen LogP contribution < -0.4 is 5.32 Å². The Morgan fingerprint density at radius 1 is 1.48 bits per heavy atom. The maximum Gasteiger partial charge on any atom is 0.244 e. The van der Waals surface area contributed by atoms with Crippen molar-refractivity contribution in [1.82, 2.24) is 14.2 Å². The van der Waals surface area contributed by atoms with Crippen molar-refractivity contribution in [1.29, 1.82) is 0 Å². The number of rotatable bonds is 5. The summed E-state index contributed by atoms with van der Waals surface area (Å²) in [6.07, 6.45) is 2.37. The van der Waals surface area contributed by atoms with Crippen LogP contribution in [0.1, 0.15) is 26.0 Å². The normalized spacial score (nSPS) is 21.4. The lowest BCUT2D eigenvalue weighted by Gasteiger charge is -2.20. The minimum absolute atomic E-state index is 0.0628. The van der Waals surface area contributed by atoms with Gasteiger partial charge in [0.25, 0.3) is 0 Å². The summed E-state index contributed by atoms with van der Waals surface area (Å²) in [5, 5.41) is 3.22. The Labute approximate surface area is 127 Å². The summed E-state index contributed by atoms with van der Waals surface area (Å²) in [6, 6.07) is 1.76. The average Bonchev–Trinajstić information content (AvgIpc) is 2.66. The van der Waals surface area contributed by atoms with E-state index in [1.54, 1.807) is 12.3 Å². The Morgan fingerprint density at radius 3 is 2.95 bits per heavy atom. The summed E-state index contributed by atoms with van der Waals surface area (Å²) in [4.78, 5) is 0.368. The third kappa shape index (κ3) is 3.85. The van der Waals surface area contributed by atoms with Crippen LogP contribution in [0, 0.1) is 0 Å². The molecule has 0 spiro atoms. The molecule has 1 aliphatic rings. The number of hydrogen-bond acceptors (Lipinski definition) is 4. The molecule has 1 aromatic heterocycles. The Hall–Kier alpha value is -0.890. The molecule has 0 bridgehead atoms. The zero-order valence-corrected chi connectivity index (χ0v) is 13.8. The van der Waals surface area contributed by atoms with E-state index in [4.69, 9.17) is 4.74 Å². The van der Waals surface area contributed by atoms with Crippen LogP contribution >= 0.6 is 0 Å². The topological polar surface area (TPSA) is 63.6 Å². The van der Waals surface area contributed by atoms with Crippen LogP contribution in [0.4, 0.5) is 0 Å². The average molecular weight is 315 g/mol. The zero-order chi connectivity index (χ0) is 15.5. The molecule has 120 valence electrons. The van der Waals surface area contributed by atoms with E-state index >= 15 is 0 Å². The van der Waals surface area contributed by atoms with Gasteiger partial charge < -0.3 is 14.6 Å². The molecule has 1 unspecified atom stereocenters. The number of aromatic nitrogens is 1. The molecule has 1 fully saturated rings. The van der Waals surface area contributed by atoms with Crippen LogP contribution in [0.25, 0.3) is 0 Å². The first-order chi connectivity index (χ1) is 9.95. The number of nitrogens with one attached hydrogen (secondary N) is 1. The molecule has 1 aliphatic heterocycles. The fraction of sp³-hybridized carbons (Fsp3) is 0.714. The van der Waals surface area contributed by atoms with Gasteiger partial charge in [0.15, 0.2) is 0 Å². The van der Waals surface area contributed by atoms with Gasteiger partial charge in [-0.1, -0.05) is 6.92 Å². The van der Waals surface area contributed by atoms with Crippen LogP contribution in [0.2, 0.25) is 0 Å². The van der Waals surface area contributed by atoms with Crippen molar-refractivity contribution in [3.8, 4) is 0 Å². The van der Waals surface area contributed by atoms with E-state index in [0.29, 0.717) is 31.1 Å². The summed E-state index contributed by atoms with van der Waals surface area (Å²) in [7, 11) is -1.57. The van der Waals surface area contributed by atoms with E-state index in [9.17, 15) is 8.42 Å². The molecular formula is C14H25N3O3S. The fourth-order valence-corrected chi connectivity index (χ4v) is 4.12. The highest BCUT2D eigenvalue weighted by Crippen LogP contribution is 2.21. The molecule has 0 aliphatic carbocycles. The third-order valence-electron chi connectivity index (χ3n) is 3.69. The van der Waals surface area contributed by atoms with E-state index in [0.717, 1.165) is 18.7 Å². The van der Waals surface area contributed by atoms with Crippen LogP contribution in [0.3, 0.4) is 0 Å². The maximum atomic E-state index is 12.8. The second-order valence-electron chi connectivity index (χ2n) is 5.46. The van der Waals surface area contributed by atoms with E-state index < -0.39 is 10.0 Å². The van der Waals surface area contributed by atoms with E-state index in [-0.39, 0.29) is 6.10 Å². The molecule has 21 heavy (non-hydrogen) atoms. The lowest BCUT2D eigenvalue weighted by atomic mass is 10.4. The molecule has 1 saturated heterocycles. The highest BCUT2D eigenvalue weighted by Gasteiger charge is 2.29. The van der Waals surface area contributed by atoms with Crippen LogP contribution in [-0.4, -0.2) is 49.6 Å². The SMILES string of the molecule is CCNCc1cc(S(=O)(=O)N2CCCOC(C)C2)cn1C. The summed E-state index contributed by atoms with van der Waals surface area (Å²) in [6.45, 7) is 7.02. The van der Waals surface area contributed by atoms with Gasteiger partial charge in [0.1, 0.15) is 4.90 Å². The molecular weight excluding hydrogens is 290 g/mol. The summed E-state index contributed by atoms with van der Waals surface area (Å²) in [5.74, 6) is 0. The maximum absolute atomic E-state index is 12.8. The molecule has 1 aromatic rings. The Morgan fingerprint density at radius 2 is 2.24 bits per heavy atom. The van der Waals surface area contributed by atoms with Crippen molar-refractivity contribution in [3.63, 3.8) is 0 Å². The Kier molecular flexibility index (Phi) is 5.43. The van der Waals surface area contributed by atoms with Crippen molar-refractivity contribution in [2.24, 2.45) is 7.05 Å². The molecule has 7 heteroatoms. The van der Waals surface area contributed by atoms with Crippen molar-refractivity contribution in [3.05, 3.63) is 18.0 Å². The summed E-state index contributed by atoms with van der Waals surface area (Å²) < 4.78 is 34.5. The molecule has 0 amide bonds. The molecule has 2 rings (SSSR count). The summed E-state index contributed by atoms with van der Waals surface area (Å²) in [5.41, 5.74) is 0.967. The van der Waals surface area contributed by atoms with Crippen molar-refractivity contribution in [2.45, 2.75) is 37.8 Å². The van der Waals surface area contributed by atoms with Gasteiger partial charge in [0.2, 0.25) is 10.0 Å². The molecule has 6 nitrogen and oxygen atoms in total. The van der Waals surface area contributed by atoms with E-state index in [1.807, 2.05) is 25.5 Å². The second-order valence-corrected chi connectivity index (χ2v) is 7.39. The molecule has 2 heterocycles. The first kappa shape index (κ1) is 16.5. The first-order valence-electron chi connectivity index (χ1n) is 7.43. The second kappa shape index (κ2) is 6.91. The highest BCUT2D eigenvalue weighted by atomic mass is 32.2. The fourth-order valence-electron chi connectivity index (χ4n) is 2.47. The van der Waals surface area contributed by atoms with Gasteiger partial charge in [-0.05, 0) is 26.0 Å². The molecule has 1 atom stereocenters. The molecule has 0 aromatic carbocycles. The smallest absolute Gasteiger partial charge is 0.244 e. The summed E-state index contributed by atoms with van der Waals surface area (Å²) >= 11 is 0. The lowest BCUT2D eigenvalue weighted by molar-refractivity contribution is 0.0752. The van der Waals surface area contributed by atoms with E-state index in [1.165, 1.54) is 4.31 Å². The van der Waals surface area contributed by atoms with Crippen LogP contribution in [0.5, 0.6) is 0 Å². The number of ether oxygens (including phenoxy) is 1. The monoisotopic (exact) mass is 315 g/mol. The highest BCUT2D eigenvalue weighted by molar-refractivity contribution is 7.89. The number of sulfonamides is 1. The van der Waals surface area contributed by atoms with E-state index in [2.05, 4.69) is 5.32 Å². The Balaban J connectivity index is 2.22. The van der Waals surface area contributed by atoms with Gasteiger partial charge in [-0.3, -0.25) is 0 Å². The minimum Gasteiger partial charge on any atom is -0.377 e. The predicted octanol–water partition coefficient (Wildman–Crippen LogP) is 0.934. The predicted molar refractivity (Wildman–Crippen MR) is 81.6 cm³/mol. The quantitative estimate of drug-likeness (QED) is 0.878. The minimum atomic E-state index is -3.44. The standard InChI is InChI=1S/C14H25N3O3S/c1-4-15-9-13-8-14(11-16(13)3)21(18,19)17-6-5-7-20-12(2)10-17/h8,11-12,15H,4-7,9-10H2,1-3H3. The van der Waals surface area contributed by atoms with Gasteiger partial charge in [-0.15, -0.1) is 0 Å². The molecule has 1 N–H and O–H groups in total. The first-order valence-corrected chi connectivity index (χ1v) is 8.87. The van der Waals surface area contributed by atoms with Gasteiger partial charge in [-0.25, -0.2) is 8.42 Å². The van der Waals surface area contributed by atoms with Gasteiger partial charge >= 0.3 is 0 Å². The third-order valence-corrected chi connectivity index (χ3v) is 5.52. The van der Waals surface area contributed by atoms with Crippen LogP contribution in [-0.2, 0) is 28.4 Å². The van der Waals surface area contributed by atoms with Crippen molar-refractivity contribution < 1.29 is 13.2 Å². The lowest BCUT2D eigenvalue weighted by Crippen LogP contribution is -2.35. The van der Waals surface area contributed by atoms with Gasteiger partial charge in [0.05, 0.1) is 6.10 Å². The zero-order valence-electron chi connectivity index (χ0n) is 13.0. The van der Waals surface area contributed by atoms with Gasteiger partial charge in [0, 0.05) is 45.2 Å². The van der Waals surface area contributed by atoms with Crippen molar-refractivity contribution >= 4 is 10.0 Å². The number of nitrogens with zero attached hydrogens (tertiary/aromatic N) is 2. The number of aryl methyl sites for hydroxylation is 1. The molecule has 0 saturated carbocycles. The van der Waals surface area contributed by atoms with Crippen LogP contribution in [0.15, 0.2) is 17.2 Å². The Bertz CT molecular complexity index is 568. The largest absolute Gasteiger partial charge is 0.377 e. The number of hydrogen-bond donors (Lipinski definition) is 1. The van der Waals surface area contributed by atoms with Crippen molar-refractivity contribution in [2.75, 3.05) is 26.2 Å². The van der Waals surface area contributed by atoms with Gasteiger partial charge in [-0.2, -0.15) is 4.31 Å². The molecule has 0 radical (unpaired) electrons.